The number of pyridine rings is 2. The van der Waals surface area contributed by atoms with E-state index >= 15 is 0 Å². The molecule has 0 aliphatic heterocycles. The third-order valence-electron chi connectivity index (χ3n) is 2.95. The highest BCUT2D eigenvalue weighted by atomic mass is 16.5. The molecule has 0 saturated heterocycles. The molecule has 5 heteroatoms. The van der Waals surface area contributed by atoms with E-state index in [9.17, 15) is 4.79 Å². The highest BCUT2D eigenvalue weighted by molar-refractivity contribution is 5.90. The third-order valence-corrected chi connectivity index (χ3v) is 2.95. The van der Waals surface area contributed by atoms with Gasteiger partial charge in [0, 0.05) is 18.9 Å². The van der Waals surface area contributed by atoms with Crippen LogP contribution in [0.15, 0.2) is 42.7 Å². The standard InChI is InChI=1S/C15H17N3O2/c1-3-18(11-13-6-4-5-8-16-13)14-10-12(7-9-17-14)15(19)20-2/h4-10H,3,11H2,1-2H3. The first-order valence-corrected chi connectivity index (χ1v) is 6.43. The summed E-state index contributed by atoms with van der Waals surface area (Å²) in [4.78, 5) is 22.2. The molecular weight excluding hydrogens is 254 g/mol. The first-order chi connectivity index (χ1) is 9.74. The van der Waals surface area contributed by atoms with Gasteiger partial charge in [0.1, 0.15) is 5.82 Å². The maximum Gasteiger partial charge on any atom is 0.338 e. The molecule has 2 aromatic heterocycles. The summed E-state index contributed by atoms with van der Waals surface area (Å²) in [5, 5.41) is 0. The smallest absolute Gasteiger partial charge is 0.338 e. The van der Waals surface area contributed by atoms with Crippen LogP contribution in [-0.2, 0) is 11.3 Å². The molecule has 0 aromatic carbocycles. The van der Waals surface area contributed by atoms with E-state index < -0.39 is 0 Å². The van der Waals surface area contributed by atoms with Gasteiger partial charge in [-0.05, 0) is 31.2 Å². The minimum Gasteiger partial charge on any atom is -0.465 e. The molecule has 0 spiro atoms. The molecule has 20 heavy (non-hydrogen) atoms. The summed E-state index contributed by atoms with van der Waals surface area (Å²) in [6.07, 6.45) is 3.38. The number of nitrogens with zero attached hydrogens (tertiary/aromatic N) is 3. The van der Waals surface area contributed by atoms with Crippen LogP contribution < -0.4 is 4.90 Å². The summed E-state index contributed by atoms with van der Waals surface area (Å²) >= 11 is 0. The number of rotatable bonds is 5. The topological polar surface area (TPSA) is 55.3 Å². The van der Waals surface area contributed by atoms with Crippen LogP contribution in [-0.4, -0.2) is 29.6 Å². The summed E-state index contributed by atoms with van der Waals surface area (Å²) in [6, 6.07) is 9.18. The van der Waals surface area contributed by atoms with Crippen molar-refractivity contribution in [3.8, 4) is 0 Å². The normalized spacial score (nSPS) is 10.1. The Kier molecular flexibility index (Phi) is 4.65. The van der Waals surface area contributed by atoms with Gasteiger partial charge in [-0.1, -0.05) is 6.07 Å². The number of ether oxygens (including phenoxy) is 1. The Labute approximate surface area is 118 Å². The lowest BCUT2D eigenvalue weighted by atomic mass is 10.2. The van der Waals surface area contributed by atoms with E-state index in [-0.39, 0.29) is 5.97 Å². The zero-order chi connectivity index (χ0) is 14.4. The fraction of sp³-hybridized carbons (Fsp3) is 0.267. The lowest BCUT2D eigenvalue weighted by Crippen LogP contribution is -2.24. The van der Waals surface area contributed by atoms with Crippen LogP contribution >= 0.6 is 0 Å². The molecule has 0 amide bonds. The lowest BCUT2D eigenvalue weighted by molar-refractivity contribution is 0.0600. The van der Waals surface area contributed by atoms with E-state index in [0.717, 1.165) is 18.1 Å². The molecule has 0 atom stereocenters. The Morgan fingerprint density at radius 3 is 2.75 bits per heavy atom. The van der Waals surface area contributed by atoms with E-state index in [0.29, 0.717) is 12.1 Å². The molecule has 0 aliphatic rings. The zero-order valence-electron chi connectivity index (χ0n) is 11.6. The molecule has 5 nitrogen and oxygen atoms in total. The van der Waals surface area contributed by atoms with Crippen LogP contribution in [0.3, 0.4) is 0 Å². The molecule has 0 N–H and O–H groups in total. The van der Waals surface area contributed by atoms with Gasteiger partial charge >= 0.3 is 5.97 Å². The average molecular weight is 271 g/mol. The summed E-state index contributed by atoms with van der Waals surface area (Å²) in [5.41, 5.74) is 1.46. The van der Waals surface area contributed by atoms with Crippen LogP contribution in [0.25, 0.3) is 0 Å². The lowest BCUT2D eigenvalue weighted by Gasteiger charge is -2.21. The predicted octanol–water partition coefficient (Wildman–Crippen LogP) is 2.29. The average Bonchev–Trinajstić information content (AvgIpc) is 2.53. The molecule has 2 heterocycles. The number of methoxy groups -OCH3 is 1. The van der Waals surface area contributed by atoms with Gasteiger partial charge in [0.15, 0.2) is 0 Å². The molecule has 0 radical (unpaired) electrons. The minimum absolute atomic E-state index is 0.359. The summed E-state index contributed by atoms with van der Waals surface area (Å²) in [6.45, 7) is 3.46. The second-order valence-corrected chi connectivity index (χ2v) is 4.23. The van der Waals surface area contributed by atoms with Gasteiger partial charge in [-0.3, -0.25) is 4.98 Å². The van der Waals surface area contributed by atoms with E-state index in [1.165, 1.54) is 7.11 Å². The first-order valence-electron chi connectivity index (χ1n) is 6.43. The van der Waals surface area contributed by atoms with Crippen molar-refractivity contribution in [2.45, 2.75) is 13.5 Å². The van der Waals surface area contributed by atoms with Crippen LogP contribution in [0.2, 0.25) is 0 Å². The van der Waals surface area contributed by atoms with E-state index in [2.05, 4.69) is 14.9 Å². The Morgan fingerprint density at radius 2 is 2.10 bits per heavy atom. The van der Waals surface area contributed by atoms with Gasteiger partial charge in [-0.15, -0.1) is 0 Å². The maximum absolute atomic E-state index is 11.6. The molecule has 2 aromatic rings. The highest BCUT2D eigenvalue weighted by Gasteiger charge is 2.11. The second kappa shape index (κ2) is 6.65. The Bertz CT molecular complexity index is 572. The van der Waals surface area contributed by atoms with Gasteiger partial charge in [-0.25, -0.2) is 9.78 Å². The molecule has 104 valence electrons. The van der Waals surface area contributed by atoms with Crippen LogP contribution in [0.4, 0.5) is 5.82 Å². The molecule has 0 unspecified atom stereocenters. The number of carbonyl (C=O) groups excluding carboxylic acids is 1. The van der Waals surface area contributed by atoms with Gasteiger partial charge in [-0.2, -0.15) is 0 Å². The molecule has 0 bridgehead atoms. The predicted molar refractivity (Wildman–Crippen MR) is 76.5 cm³/mol. The molecular formula is C15H17N3O2. The van der Waals surface area contributed by atoms with Gasteiger partial charge in [0.05, 0.1) is 24.9 Å². The minimum atomic E-state index is -0.359. The van der Waals surface area contributed by atoms with Crippen molar-refractivity contribution in [3.63, 3.8) is 0 Å². The van der Waals surface area contributed by atoms with Crippen molar-refractivity contribution < 1.29 is 9.53 Å². The fourth-order valence-electron chi connectivity index (χ4n) is 1.88. The van der Waals surface area contributed by atoms with Crippen molar-refractivity contribution in [1.29, 1.82) is 0 Å². The van der Waals surface area contributed by atoms with Crippen molar-refractivity contribution in [3.05, 3.63) is 54.0 Å². The summed E-state index contributed by atoms with van der Waals surface area (Å²) in [7, 11) is 1.37. The second-order valence-electron chi connectivity index (χ2n) is 4.23. The molecule has 2 rings (SSSR count). The van der Waals surface area contributed by atoms with Gasteiger partial charge < -0.3 is 9.64 Å². The van der Waals surface area contributed by atoms with Crippen LogP contribution in [0.5, 0.6) is 0 Å². The van der Waals surface area contributed by atoms with Crippen molar-refractivity contribution >= 4 is 11.8 Å². The fourth-order valence-corrected chi connectivity index (χ4v) is 1.88. The summed E-state index contributed by atoms with van der Waals surface area (Å²) < 4.78 is 4.73. The monoisotopic (exact) mass is 271 g/mol. The number of aromatic nitrogens is 2. The van der Waals surface area contributed by atoms with Crippen molar-refractivity contribution in [2.24, 2.45) is 0 Å². The SMILES string of the molecule is CCN(Cc1ccccn1)c1cc(C(=O)OC)ccn1. The molecule has 0 saturated carbocycles. The molecule has 0 fully saturated rings. The van der Waals surface area contributed by atoms with Crippen molar-refractivity contribution in [2.75, 3.05) is 18.6 Å². The Hall–Kier alpha value is -2.43. The highest BCUT2D eigenvalue weighted by Crippen LogP contribution is 2.15. The number of hydrogen-bond acceptors (Lipinski definition) is 5. The van der Waals surface area contributed by atoms with Gasteiger partial charge in [0.25, 0.3) is 0 Å². The van der Waals surface area contributed by atoms with E-state index in [4.69, 9.17) is 4.74 Å². The Morgan fingerprint density at radius 1 is 1.25 bits per heavy atom. The van der Waals surface area contributed by atoms with Crippen molar-refractivity contribution in [1.82, 2.24) is 9.97 Å². The summed E-state index contributed by atoms with van der Waals surface area (Å²) in [5.74, 6) is 0.378. The van der Waals surface area contributed by atoms with E-state index in [1.807, 2.05) is 25.1 Å². The maximum atomic E-state index is 11.6. The largest absolute Gasteiger partial charge is 0.465 e. The quantitative estimate of drug-likeness (QED) is 0.781. The van der Waals surface area contributed by atoms with Gasteiger partial charge in [0.2, 0.25) is 0 Å². The van der Waals surface area contributed by atoms with E-state index in [1.54, 1.807) is 24.5 Å². The first kappa shape index (κ1) is 14.0. The number of carbonyl (C=O) groups is 1. The number of esters is 1. The Balaban J connectivity index is 2.21. The third kappa shape index (κ3) is 3.32. The van der Waals surface area contributed by atoms with Crippen LogP contribution in [0.1, 0.15) is 23.0 Å². The number of anilines is 1. The zero-order valence-corrected chi connectivity index (χ0v) is 11.6. The molecule has 0 aliphatic carbocycles. The van der Waals surface area contributed by atoms with Crippen LogP contribution in [0, 0.1) is 0 Å². The number of hydrogen-bond donors (Lipinski definition) is 0.